The van der Waals surface area contributed by atoms with Gasteiger partial charge in [0, 0.05) is 25.0 Å². The van der Waals surface area contributed by atoms with Gasteiger partial charge in [-0.1, -0.05) is 30.3 Å². The van der Waals surface area contributed by atoms with Gasteiger partial charge in [-0.2, -0.15) is 0 Å². The summed E-state index contributed by atoms with van der Waals surface area (Å²) in [5.74, 6) is -0.487. The maximum atomic E-state index is 12.9. The number of pyridine rings is 1. The number of halogens is 1. The van der Waals surface area contributed by atoms with Crippen molar-refractivity contribution in [3.05, 3.63) is 89.5 Å². The highest BCUT2D eigenvalue weighted by atomic mass is 19.1. The molecular weight excluding hydrogens is 329 g/mol. The van der Waals surface area contributed by atoms with E-state index in [2.05, 4.69) is 27.3 Å². The number of carbonyl (C=O) groups is 1. The lowest BCUT2D eigenvalue weighted by Crippen LogP contribution is -2.23. The Morgan fingerprint density at radius 3 is 2.77 bits per heavy atom. The van der Waals surface area contributed by atoms with Crippen molar-refractivity contribution in [2.75, 3.05) is 11.4 Å². The fraction of sp³-hybridized carbons (Fsp3) is 0.143. The van der Waals surface area contributed by atoms with Crippen molar-refractivity contribution in [3.8, 4) is 0 Å². The molecular formula is C21H18FN3O. The summed E-state index contributed by atoms with van der Waals surface area (Å²) in [4.78, 5) is 18.9. The first-order valence-electron chi connectivity index (χ1n) is 8.54. The van der Waals surface area contributed by atoms with Crippen LogP contribution < -0.4 is 10.2 Å². The monoisotopic (exact) mass is 347 g/mol. The van der Waals surface area contributed by atoms with E-state index >= 15 is 0 Å². The first-order chi connectivity index (χ1) is 12.7. The molecule has 0 saturated heterocycles. The summed E-state index contributed by atoms with van der Waals surface area (Å²) in [6.45, 7) is 1.22. The summed E-state index contributed by atoms with van der Waals surface area (Å²) >= 11 is 0. The SMILES string of the molecule is O=C(NCc1ccc(F)cc1)c1cncc(N2CCc3ccccc32)c1. The second-order valence-electron chi connectivity index (χ2n) is 6.27. The van der Waals surface area contributed by atoms with Crippen molar-refractivity contribution in [2.24, 2.45) is 0 Å². The third kappa shape index (κ3) is 3.28. The van der Waals surface area contributed by atoms with Crippen LogP contribution in [0.25, 0.3) is 0 Å². The van der Waals surface area contributed by atoms with E-state index in [4.69, 9.17) is 0 Å². The molecule has 26 heavy (non-hydrogen) atoms. The highest BCUT2D eigenvalue weighted by Gasteiger charge is 2.20. The van der Waals surface area contributed by atoms with Crippen LogP contribution in [0.15, 0.2) is 67.0 Å². The van der Waals surface area contributed by atoms with Crippen LogP contribution in [0.2, 0.25) is 0 Å². The summed E-state index contributed by atoms with van der Waals surface area (Å²) in [6.07, 6.45) is 4.32. The van der Waals surface area contributed by atoms with E-state index in [1.807, 2.05) is 18.2 Å². The molecule has 4 rings (SSSR count). The van der Waals surface area contributed by atoms with Gasteiger partial charge >= 0.3 is 0 Å². The number of hydrogen-bond donors (Lipinski definition) is 1. The fourth-order valence-corrected chi connectivity index (χ4v) is 3.19. The van der Waals surface area contributed by atoms with E-state index in [-0.39, 0.29) is 11.7 Å². The minimum Gasteiger partial charge on any atom is -0.348 e. The average molecular weight is 347 g/mol. The van der Waals surface area contributed by atoms with Crippen molar-refractivity contribution >= 4 is 17.3 Å². The fourth-order valence-electron chi connectivity index (χ4n) is 3.19. The Kier molecular flexibility index (Phi) is 4.35. The molecule has 0 saturated carbocycles. The number of aromatic nitrogens is 1. The molecule has 1 aromatic heterocycles. The van der Waals surface area contributed by atoms with Crippen LogP contribution in [0, 0.1) is 5.82 Å². The standard InChI is InChI=1S/C21H18FN3O/c22-18-7-5-15(6-8-18)12-24-21(26)17-11-19(14-23-13-17)25-10-9-16-3-1-2-4-20(16)25/h1-8,11,13-14H,9-10,12H2,(H,24,26). The molecule has 2 aromatic carbocycles. The van der Waals surface area contributed by atoms with Gasteiger partial charge in [-0.05, 0) is 41.8 Å². The van der Waals surface area contributed by atoms with Gasteiger partial charge in [0.2, 0.25) is 0 Å². The topological polar surface area (TPSA) is 45.2 Å². The first-order valence-corrected chi connectivity index (χ1v) is 8.54. The first kappa shape index (κ1) is 16.3. The van der Waals surface area contributed by atoms with Gasteiger partial charge in [-0.15, -0.1) is 0 Å². The number of nitrogens with zero attached hydrogens (tertiary/aromatic N) is 2. The van der Waals surface area contributed by atoms with Gasteiger partial charge in [0.05, 0.1) is 17.4 Å². The number of carbonyl (C=O) groups excluding carboxylic acids is 1. The van der Waals surface area contributed by atoms with Crippen molar-refractivity contribution in [2.45, 2.75) is 13.0 Å². The molecule has 3 aromatic rings. The molecule has 0 atom stereocenters. The van der Waals surface area contributed by atoms with E-state index in [0.717, 1.165) is 29.9 Å². The van der Waals surface area contributed by atoms with Crippen molar-refractivity contribution in [1.29, 1.82) is 0 Å². The second-order valence-corrected chi connectivity index (χ2v) is 6.27. The smallest absolute Gasteiger partial charge is 0.253 e. The highest BCUT2D eigenvalue weighted by Crippen LogP contribution is 2.34. The summed E-state index contributed by atoms with van der Waals surface area (Å²) in [6, 6.07) is 16.2. The number of fused-ring (bicyclic) bond motifs is 1. The molecule has 4 nitrogen and oxygen atoms in total. The number of hydrogen-bond acceptors (Lipinski definition) is 3. The van der Waals surface area contributed by atoms with E-state index < -0.39 is 0 Å². The van der Waals surface area contributed by atoms with Gasteiger partial charge in [-0.3, -0.25) is 9.78 Å². The lowest BCUT2D eigenvalue weighted by atomic mass is 10.2. The molecule has 0 fully saturated rings. The summed E-state index contributed by atoms with van der Waals surface area (Å²) < 4.78 is 12.9. The molecule has 0 unspecified atom stereocenters. The molecule has 1 N–H and O–H groups in total. The Morgan fingerprint density at radius 2 is 1.92 bits per heavy atom. The Hall–Kier alpha value is -3.21. The Balaban J connectivity index is 1.49. The van der Waals surface area contributed by atoms with Crippen molar-refractivity contribution in [3.63, 3.8) is 0 Å². The largest absolute Gasteiger partial charge is 0.348 e. The number of nitrogens with one attached hydrogen (secondary N) is 1. The Morgan fingerprint density at radius 1 is 1.12 bits per heavy atom. The zero-order valence-electron chi connectivity index (χ0n) is 14.2. The van der Waals surface area contributed by atoms with Crippen LogP contribution >= 0.6 is 0 Å². The normalized spacial score (nSPS) is 12.7. The van der Waals surface area contributed by atoms with Crippen LogP contribution in [-0.4, -0.2) is 17.4 Å². The molecule has 1 aliphatic rings. The zero-order valence-corrected chi connectivity index (χ0v) is 14.2. The number of benzene rings is 2. The number of para-hydroxylation sites is 1. The molecule has 1 aliphatic heterocycles. The highest BCUT2D eigenvalue weighted by molar-refractivity contribution is 5.95. The predicted molar refractivity (Wildman–Crippen MR) is 99.0 cm³/mol. The molecule has 0 aliphatic carbocycles. The Bertz CT molecular complexity index is 940. The molecule has 5 heteroatoms. The van der Waals surface area contributed by atoms with Crippen molar-refractivity contribution in [1.82, 2.24) is 10.3 Å². The van der Waals surface area contributed by atoms with E-state index in [1.54, 1.807) is 24.5 Å². The van der Waals surface area contributed by atoms with Gasteiger partial charge in [0.25, 0.3) is 5.91 Å². The molecule has 0 spiro atoms. The van der Waals surface area contributed by atoms with Gasteiger partial charge in [0.15, 0.2) is 0 Å². The third-order valence-corrected chi connectivity index (χ3v) is 4.55. The zero-order chi connectivity index (χ0) is 17.9. The molecule has 0 radical (unpaired) electrons. The van der Waals surface area contributed by atoms with Crippen LogP contribution in [-0.2, 0) is 13.0 Å². The maximum absolute atomic E-state index is 12.9. The summed E-state index contributed by atoms with van der Waals surface area (Å²) in [7, 11) is 0. The third-order valence-electron chi connectivity index (χ3n) is 4.55. The minimum atomic E-state index is -0.289. The number of amides is 1. The number of rotatable bonds is 4. The van der Waals surface area contributed by atoms with Crippen LogP contribution in [0.5, 0.6) is 0 Å². The summed E-state index contributed by atoms with van der Waals surface area (Å²) in [5, 5.41) is 2.85. The van der Waals surface area contributed by atoms with E-state index in [1.165, 1.54) is 17.7 Å². The lowest BCUT2D eigenvalue weighted by molar-refractivity contribution is 0.0950. The van der Waals surface area contributed by atoms with Crippen LogP contribution in [0.1, 0.15) is 21.5 Å². The van der Waals surface area contributed by atoms with Crippen molar-refractivity contribution < 1.29 is 9.18 Å². The molecule has 2 heterocycles. The quantitative estimate of drug-likeness (QED) is 0.780. The summed E-state index contributed by atoms with van der Waals surface area (Å²) in [5.41, 5.74) is 4.73. The van der Waals surface area contributed by atoms with Gasteiger partial charge < -0.3 is 10.2 Å². The molecule has 1 amide bonds. The van der Waals surface area contributed by atoms with E-state index in [0.29, 0.717) is 12.1 Å². The van der Waals surface area contributed by atoms with Crippen LogP contribution in [0.4, 0.5) is 15.8 Å². The van der Waals surface area contributed by atoms with E-state index in [9.17, 15) is 9.18 Å². The van der Waals surface area contributed by atoms with Crippen LogP contribution in [0.3, 0.4) is 0 Å². The van der Waals surface area contributed by atoms with Gasteiger partial charge in [-0.25, -0.2) is 4.39 Å². The molecule has 0 bridgehead atoms. The predicted octanol–water partition coefficient (Wildman–Crippen LogP) is 3.84. The van der Waals surface area contributed by atoms with Gasteiger partial charge in [0.1, 0.15) is 5.82 Å². The second kappa shape index (κ2) is 6.96. The average Bonchev–Trinajstić information content (AvgIpc) is 3.11. The molecule has 130 valence electrons. The lowest BCUT2D eigenvalue weighted by Gasteiger charge is -2.19. The maximum Gasteiger partial charge on any atom is 0.253 e. The minimum absolute atomic E-state index is 0.198. The number of anilines is 2. The Labute approximate surface area is 151 Å².